The van der Waals surface area contributed by atoms with E-state index < -0.39 is 15.8 Å². The molecule has 1 aliphatic carbocycles. The lowest BCUT2D eigenvalue weighted by molar-refractivity contribution is -0.122. The van der Waals surface area contributed by atoms with Crippen molar-refractivity contribution in [3.8, 4) is 0 Å². The zero-order valence-electron chi connectivity index (χ0n) is 15.2. The fourth-order valence-corrected chi connectivity index (χ4v) is 4.83. The Kier molecular flexibility index (Phi) is 5.92. The van der Waals surface area contributed by atoms with Gasteiger partial charge in [-0.25, -0.2) is 12.8 Å². The molecular formula is C20H23FN2O3S. The molecule has 0 spiro atoms. The van der Waals surface area contributed by atoms with Gasteiger partial charge in [0, 0.05) is 6.54 Å². The van der Waals surface area contributed by atoms with Crippen LogP contribution in [0, 0.1) is 5.82 Å². The minimum atomic E-state index is -3.86. The number of sulfonamides is 1. The van der Waals surface area contributed by atoms with Gasteiger partial charge in [0.25, 0.3) is 0 Å². The van der Waals surface area contributed by atoms with Crippen LogP contribution in [0.3, 0.4) is 0 Å². The lowest BCUT2D eigenvalue weighted by atomic mass is 9.88. The predicted molar refractivity (Wildman–Crippen MR) is 101 cm³/mol. The van der Waals surface area contributed by atoms with Crippen molar-refractivity contribution >= 4 is 15.9 Å². The quantitative estimate of drug-likeness (QED) is 0.825. The van der Waals surface area contributed by atoms with Crippen LogP contribution in [0.5, 0.6) is 0 Å². The molecule has 0 heterocycles. The van der Waals surface area contributed by atoms with Crippen LogP contribution in [0.4, 0.5) is 4.39 Å². The van der Waals surface area contributed by atoms with E-state index in [-0.39, 0.29) is 29.9 Å². The minimum absolute atomic E-state index is 0.0263. The summed E-state index contributed by atoms with van der Waals surface area (Å²) in [5, 5.41) is 2.97. The van der Waals surface area contributed by atoms with Crippen molar-refractivity contribution in [3.05, 3.63) is 65.5 Å². The van der Waals surface area contributed by atoms with Gasteiger partial charge in [0.2, 0.25) is 15.9 Å². The van der Waals surface area contributed by atoms with Crippen LogP contribution in [-0.2, 0) is 21.2 Å². The topological polar surface area (TPSA) is 66.5 Å². The average Bonchev–Trinajstić information content (AvgIpc) is 2.66. The standard InChI is InChI=1S/C20H23FN2O3S/c1-2-23(27(25,26)17-12-10-16(21)11-13-17)14-20(24)22-19-9-5-7-15-6-3-4-8-18(15)19/h3-4,6,8,10-13,19H,2,5,7,9,14H2,1H3,(H,22,24)/t19-/m1/s1. The largest absolute Gasteiger partial charge is 0.348 e. The number of aryl methyl sites for hydroxylation is 1. The maximum Gasteiger partial charge on any atom is 0.243 e. The molecule has 7 heteroatoms. The molecule has 1 N–H and O–H groups in total. The van der Waals surface area contributed by atoms with E-state index in [2.05, 4.69) is 11.4 Å². The van der Waals surface area contributed by atoms with Crippen LogP contribution in [0.1, 0.15) is 36.9 Å². The van der Waals surface area contributed by atoms with E-state index in [1.165, 1.54) is 17.7 Å². The average molecular weight is 390 g/mol. The highest BCUT2D eigenvalue weighted by atomic mass is 32.2. The summed E-state index contributed by atoms with van der Waals surface area (Å²) < 4.78 is 39.6. The first-order valence-corrected chi connectivity index (χ1v) is 10.5. The molecule has 1 aliphatic rings. The summed E-state index contributed by atoms with van der Waals surface area (Å²) in [5.41, 5.74) is 2.32. The van der Waals surface area contributed by atoms with Gasteiger partial charge in [-0.05, 0) is 54.7 Å². The second-order valence-electron chi connectivity index (χ2n) is 6.60. The monoisotopic (exact) mass is 390 g/mol. The van der Waals surface area contributed by atoms with E-state index in [0.717, 1.165) is 41.3 Å². The third-order valence-corrected chi connectivity index (χ3v) is 6.76. The van der Waals surface area contributed by atoms with Gasteiger partial charge in [-0.2, -0.15) is 4.31 Å². The van der Waals surface area contributed by atoms with Gasteiger partial charge in [0.15, 0.2) is 0 Å². The minimum Gasteiger partial charge on any atom is -0.348 e. The third kappa shape index (κ3) is 4.36. The Balaban J connectivity index is 1.72. The number of nitrogens with one attached hydrogen (secondary N) is 1. The summed E-state index contributed by atoms with van der Waals surface area (Å²) in [6.45, 7) is 1.55. The highest BCUT2D eigenvalue weighted by molar-refractivity contribution is 7.89. The number of carbonyl (C=O) groups excluding carboxylic acids is 1. The van der Waals surface area contributed by atoms with Crippen molar-refractivity contribution in [2.75, 3.05) is 13.1 Å². The maximum atomic E-state index is 13.1. The molecule has 0 bridgehead atoms. The van der Waals surface area contributed by atoms with E-state index in [1.807, 2.05) is 18.2 Å². The van der Waals surface area contributed by atoms with Gasteiger partial charge in [0.1, 0.15) is 5.82 Å². The maximum absolute atomic E-state index is 13.1. The summed E-state index contributed by atoms with van der Waals surface area (Å²) in [6, 6.07) is 12.5. The Morgan fingerprint density at radius 2 is 1.89 bits per heavy atom. The van der Waals surface area contributed by atoms with Gasteiger partial charge in [0.05, 0.1) is 17.5 Å². The predicted octanol–water partition coefficient (Wildman–Crippen LogP) is 3.03. The Morgan fingerprint density at radius 3 is 2.59 bits per heavy atom. The van der Waals surface area contributed by atoms with Crippen molar-refractivity contribution in [3.63, 3.8) is 0 Å². The molecule has 1 atom stereocenters. The normalized spacial score (nSPS) is 16.8. The van der Waals surface area contributed by atoms with E-state index in [1.54, 1.807) is 6.92 Å². The number of carbonyl (C=O) groups is 1. The van der Waals surface area contributed by atoms with Gasteiger partial charge < -0.3 is 5.32 Å². The molecule has 5 nitrogen and oxygen atoms in total. The molecular weight excluding hydrogens is 367 g/mol. The Hall–Kier alpha value is -2.25. The zero-order valence-corrected chi connectivity index (χ0v) is 16.0. The number of nitrogens with zero attached hydrogens (tertiary/aromatic N) is 1. The first kappa shape index (κ1) is 19.5. The van der Waals surface area contributed by atoms with E-state index >= 15 is 0 Å². The summed E-state index contributed by atoms with van der Waals surface area (Å²) in [5.74, 6) is -0.852. The molecule has 3 rings (SSSR count). The summed E-state index contributed by atoms with van der Waals surface area (Å²) in [4.78, 5) is 12.5. The number of rotatable bonds is 6. The van der Waals surface area contributed by atoms with Gasteiger partial charge in [-0.1, -0.05) is 31.2 Å². The van der Waals surface area contributed by atoms with Crippen molar-refractivity contribution in [1.82, 2.24) is 9.62 Å². The second kappa shape index (κ2) is 8.19. The highest BCUT2D eigenvalue weighted by Gasteiger charge is 2.27. The number of fused-ring (bicyclic) bond motifs is 1. The molecule has 144 valence electrons. The Bertz CT molecular complexity index is 913. The molecule has 0 radical (unpaired) electrons. The molecule has 1 amide bonds. The van der Waals surface area contributed by atoms with Crippen LogP contribution >= 0.6 is 0 Å². The summed E-state index contributed by atoms with van der Waals surface area (Å²) in [7, 11) is -3.86. The summed E-state index contributed by atoms with van der Waals surface area (Å²) >= 11 is 0. The highest BCUT2D eigenvalue weighted by Crippen LogP contribution is 2.29. The second-order valence-corrected chi connectivity index (χ2v) is 8.53. The molecule has 0 saturated carbocycles. The van der Waals surface area contributed by atoms with Crippen LogP contribution in [0.2, 0.25) is 0 Å². The van der Waals surface area contributed by atoms with Crippen molar-refractivity contribution in [2.45, 2.75) is 37.1 Å². The van der Waals surface area contributed by atoms with Crippen LogP contribution in [0.25, 0.3) is 0 Å². The molecule has 2 aromatic rings. The molecule has 0 saturated heterocycles. The first-order valence-electron chi connectivity index (χ1n) is 9.04. The molecule has 27 heavy (non-hydrogen) atoms. The smallest absolute Gasteiger partial charge is 0.243 e. The number of halogens is 1. The van der Waals surface area contributed by atoms with Gasteiger partial charge in [-0.15, -0.1) is 0 Å². The van der Waals surface area contributed by atoms with Crippen LogP contribution in [0.15, 0.2) is 53.4 Å². The summed E-state index contributed by atoms with van der Waals surface area (Å²) in [6.07, 6.45) is 2.80. The van der Waals surface area contributed by atoms with Gasteiger partial charge >= 0.3 is 0 Å². The molecule has 0 unspecified atom stereocenters. The van der Waals surface area contributed by atoms with Gasteiger partial charge in [-0.3, -0.25) is 4.79 Å². The number of hydrogen-bond acceptors (Lipinski definition) is 3. The third-order valence-electron chi connectivity index (χ3n) is 4.83. The van der Waals surface area contributed by atoms with Crippen molar-refractivity contribution in [2.24, 2.45) is 0 Å². The molecule has 0 fully saturated rings. The Labute approximate surface area is 159 Å². The fraction of sp³-hybridized carbons (Fsp3) is 0.350. The number of amides is 1. The SMILES string of the molecule is CCN(CC(=O)N[C@@H]1CCCc2ccccc21)S(=O)(=O)c1ccc(F)cc1. The lowest BCUT2D eigenvalue weighted by Crippen LogP contribution is -2.42. The lowest BCUT2D eigenvalue weighted by Gasteiger charge is -2.27. The van der Waals surface area contributed by atoms with Crippen molar-refractivity contribution in [1.29, 1.82) is 0 Å². The van der Waals surface area contributed by atoms with Crippen LogP contribution < -0.4 is 5.32 Å². The van der Waals surface area contributed by atoms with E-state index in [0.29, 0.717) is 0 Å². The van der Waals surface area contributed by atoms with E-state index in [4.69, 9.17) is 0 Å². The van der Waals surface area contributed by atoms with Crippen LogP contribution in [-0.4, -0.2) is 31.7 Å². The zero-order chi connectivity index (χ0) is 19.4. The number of hydrogen-bond donors (Lipinski definition) is 1. The molecule has 0 aliphatic heterocycles. The fourth-order valence-electron chi connectivity index (χ4n) is 3.43. The molecule has 2 aromatic carbocycles. The first-order chi connectivity index (χ1) is 12.9. The number of benzene rings is 2. The Morgan fingerprint density at radius 1 is 1.19 bits per heavy atom. The number of likely N-dealkylation sites (N-methyl/N-ethyl adjacent to an activating group) is 1. The van der Waals surface area contributed by atoms with Crippen molar-refractivity contribution < 1.29 is 17.6 Å². The molecule has 0 aromatic heterocycles. The van der Waals surface area contributed by atoms with E-state index in [9.17, 15) is 17.6 Å².